The average Bonchev–Trinajstić information content (AvgIpc) is 2.76. The van der Waals surface area contributed by atoms with Gasteiger partial charge in [-0.05, 0) is 43.7 Å². The summed E-state index contributed by atoms with van der Waals surface area (Å²) in [6.07, 6.45) is 17.0. The predicted octanol–water partition coefficient (Wildman–Crippen LogP) is 6.49. The lowest BCUT2D eigenvalue weighted by molar-refractivity contribution is 0.0566. The van der Waals surface area contributed by atoms with Crippen molar-refractivity contribution in [1.29, 1.82) is 0 Å². The van der Waals surface area contributed by atoms with Gasteiger partial charge in [0.2, 0.25) is 0 Å². The number of unbranched alkanes of at least 4 members (excludes halogenated alkanes) is 3. The molecule has 1 heterocycles. The van der Waals surface area contributed by atoms with Crippen LogP contribution < -0.4 is 4.74 Å². The molecular formula is C25H34N2O2. The van der Waals surface area contributed by atoms with E-state index in [2.05, 4.69) is 66.8 Å². The zero-order valence-corrected chi connectivity index (χ0v) is 17.8. The summed E-state index contributed by atoms with van der Waals surface area (Å²) < 4.78 is 11.2. The second-order valence-electron chi connectivity index (χ2n) is 7.20. The molecule has 2 aromatic rings. The SMILES string of the molecule is C=CCOc1ncc(-c2ccc(C=CCCCC(C)OCCCCC)cc2)cn1. The Morgan fingerprint density at radius 3 is 2.48 bits per heavy atom. The normalized spacial score (nSPS) is 12.2. The van der Waals surface area contributed by atoms with Crippen molar-refractivity contribution in [1.82, 2.24) is 9.97 Å². The van der Waals surface area contributed by atoms with Crippen LogP contribution in [0.5, 0.6) is 6.01 Å². The zero-order chi connectivity index (χ0) is 20.7. The molecule has 4 heteroatoms. The van der Waals surface area contributed by atoms with Crippen LogP contribution in [0.2, 0.25) is 0 Å². The predicted molar refractivity (Wildman–Crippen MR) is 121 cm³/mol. The fourth-order valence-corrected chi connectivity index (χ4v) is 2.92. The monoisotopic (exact) mass is 394 g/mol. The maximum absolute atomic E-state index is 5.84. The molecule has 1 atom stereocenters. The number of allylic oxidation sites excluding steroid dienone is 1. The largest absolute Gasteiger partial charge is 0.459 e. The maximum atomic E-state index is 5.84. The molecule has 1 aromatic carbocycles. The van der Waals surface area contributed by atoms with Gasteiger partial charge in [-0.3, -0.25) is 0 Å². The second kappa shape index (κ2) is 13.7. The highest BCUT2D eigenvalue weighted by molar-refractivity contribution is 5.64. The Bertz CT molecular complexity index is 723. The van der Waals surface area contributed by atoms with Gasteiger partial charge in [-0.15, -0.1) is 0 Å². The van der Waals surface area contributed by atoms with Gasteiger partial charge in [0.05, 0.1) is 6.10 Å². The molecule has 0 fully saturated rings. The van der Waals surface area contributed by atoms with E-state index in [0.29, 0.717) is 18.7 Å². The molecule has 0 spiro atoms. The lowest BCUT2D eigenvalue weighted by Crippen LogP contribution is -2.08. The highest BCUT2D eigenvalue weighted by atomic mass is 16.5. The number of hydrogen-bond acceptors (Lipinski definition) is 4. The van der Waals surface area contributed by atoms with Crippen LogP contribution in [-0.2, 0) is 4.74 Å². The van der Waals surface area contributed by atoms with E-state index in [9.17, 15) is 0 Å². The van der Waals surface area contributed by atoms with Crippen molar-refractivity contribution in [3.63, 3.8) is 0 Å². The fraction of sp³-hybridized carbons (Fsp3) is 0.440. The maximum Gasteiger partial charge on any atom is 0.316 e. The molecule has 0 amide bonds. The van der Waals surface area contributed by atoms with Crippen LogP contribution >= 0.6 is 0 Å². The Balaban J connectivity index is 1.72. The molecule has 0 saturated carbocycles. The van der Waals surface area contributed by atoms with Crippen LogP contribution in [0.25, 0.3) is 17.2 Å². The summed E-state index contributed by atoms with van der Waals surface area (Å²) in [5.74, 6) is 0. The van der Waals surface area contributed by atoms with Gasteiger partial charge < -0.3 is 9.47 Å². The van der Waals surface area contributed by atoms with E-state index in [4.69, 9.17) is 9.47 Å². The highest BCUT2D eigenvalue weighted by Crippen LogP contribution is 2.20. The molecule has 4 nitrogen and oxygen atoms in total. The van der Waals surface area contributed by atoms with E-state index in [1.165, 1.54) is 24.8 Å². The van der Waals surface area contributed by atoms with Crippen molar-refractivity contribution >= 4 is 6.08 Å². The topological polar surface area (TPSA) is 44.2 Å². The zero-order valence-electron chi connectivity index (χ0n) is 17.8. The Morgan fingerprint density at radius 1 is 1.03 bits per heavy atom. The molecule has 0 saturated heterocycles. The van der Waals surface area contributed by atoms with Crippen molar-refractivity contribution in [3.8, 4) is 17.1 Å². The van der Waals surface area contributed by atoms with Gasteiger partial charge in [0.1, 0.15) is 6.61 Å². The van der Waals surface area contributed by atoms with Crippen LogP contribution in [0.3, 0.4) is 0 Å². The van der Waals surface area contributed by atoms with Crippen LogP contribution in [-0.4, -0.2) is 29.3 Å². The number of nitrogens with zero attached hydrogens (tertiary/aromatic N) is 2. The third kappa shape index (κ3) is 9.05. The molecule has 29 heavy (non-hydrogen) atoms. The van der Waals surface area contributed by atoms with Crippen molar-refractivity contribution in [2.75, 3.05) is 13.2 Å². The first kappa shape index (κ1) is 22.8. The van der Waals surface area contributed by atoms with Gasteiger partial charge in [-0.2, -0.15) is 0 Å². The van der Waals surface area contributed by atoms with Gasteiger partial charge >= 0.3 is 6.01 Å². The van der Waals surface area contributed by atoms with Crippen molar-refractivity contribution < 1.29 is 9.47 Å². The van der Waals surface area contributed by atoms with E-state index in [1.54, 1.807) is 18.5 Å². The van der Waals surface area contributed by atoms with E-state index in [0.717, 1.165) is 37.0 Å². The number of rotatable bonds is 14. The average molecular weight is 395 g/mol. The molecule has 0 N–H and O–H groups in total. The third-order valence-electron chi connectivity index (χ3n) is 4.64. The first-order valence-corrected chi connectivity index (χ1v) is 10.7. The van der Waals surface area contributed by atoms with Gasteiger partial charge in [0.25, 0.3) is 0 Å². The van der Waals surface area contributed by atoms with Crippen molar-refractivity contribution in [2.45, 2.75) is 58.5 Å². The Morgan fingerprint density at radius 2 is 1.79 bits per heavy atom. The number of aromatic nitrogens is 2. The lowest BCUT2D eigenvalue weighted by atomic mass is 10.1. The smallest absolute Gasteiger partial charge is 0.316 e. The number of ether oxygens (including phenoxy) is 2. The highest BCUT2D eigenvalue weighted by Gasteiger charge is 2.02. The minimum atomic E-state index is 0.357. The summed E-state index contributed by atoms with van der Waals surface area (Å²) in [5, 5.41) is 0. The molecule has 1 aromatic heterocycles. The Kier molecular flexibility index (Phi) is 10.8. The molecule has 0 aliphatic rings. The third-order valence-corrected chi connectivity index (χ3v) is 4.64. The quantitative estimate of drug-likeness (QED) is 0.271. The molecule has 0 aliphatic carbocycles. The van der Waals surface area contributed by atoms with E-state index in [-0.39, 0.29) is 0 Å². The van der Waals surface area contributed by atoms with Gasteiger partial charge in [0.15, 0.2) is 0 Å². The van der Waals surface area contributed by atoms with Crippen molar-refractivity contribution in [2.24, 2.45) is 0 Å². The lowest BCUT2D eigenvalue weighted by Gasteiger charge is -2.12. The van der Waals surface area contributed by atoms with Crippen LogP contribution in [0.15, 0.2) is 55.4 Å². The van der Waals surface area contributed by atoms with Crippen molar-refractivity contribution in [3.05, 3.63) is 61.0 Å². The molecule has 2 rings (SSSR count). The molecular weight excluding hydrogens is 360 g/mol. The van der Waals surface area contributed by atoms with E-state index < -0.39 is 0 Å². The van der Waals surface area contributed by atoms with E-state index >= 15 is 0 Å². The first-order valence-electron chi connectivity index (χ1n) is 10.7. The Hall–Kier alpha value is -2.46. The van der Waals surface area contributed by atoms with Gasteiger partial charge in [-0.25, -0.2) is 9.97 Å². The molecule has 1 unspecified atom stereocenters. The van der Waals surface area contributed by atoms with E-state index in [1.807, 2.05) is 0 Å². The first-order chi connectivity index (χ1) is 14.2. The van der Waals surface area contributed by atoms with Crippen LogP contribution in [0.4, 0.5) is 0 Å². The summed E-state index contributed by atoms with van der Waals surface area (Å²) in [6, 6.07) is 8.79. The second-order valence-corrected chi connectivity index (χ2v) is 7.20. The standard InChI is InChI=1S/C25H34N2O2/c1-4-6-10-18-28-21(3)11-8-7-9-12-22-13-15-23(16-14-22)24-19-26-25(27-20-24)29-17-5-2/h5,9,12-16,19-21H,2,4,6-8,10-11,17-18H2,1,3H3. The molecule has 156 valence electrons. The van der Waals surface area contributed by atoms with Gasteiger partial charge in [0, 0.05) is 24.6 Å². The minimum absolute atomic E-state index is 0.357. The van der Waals surface area contributed by atoms with Crippen LogP contribution in [0.1, 0.15) is 57.9 Å². The number of hydrogen-bond donors (Lipinski definition) is 0. The summed E-state index contributed by atoms with van der Waals surface area (Å²) in [7, 11) is 0. The van der Waals surface area contributed by atoms with Crippen LogP contribution in [0, 0.1) is 0 Å². The molecule has 0 radical (unpaired) electrons. The van der Waals surface area contributed by atoms with Gasteiger partial charge in [-0.1, -0.05) is 68.8 Å². The summed E-state index contributed by atoms with van der Waals surface area (Å²) in [6.45, 7) is 9.31. The fourth-order valence-electron chi connectivity index (χ4n) is 2.92. The summed E-state index contributed by atoms with van der Waals surface area (Å²) >= 11 is 0. The summed E-state index contributed by atoms with van der Waals surface area (Å²) in [5.41, 5.74) is 3.26. The Labute approximate surface area is 175 Å². The minimum Gasteiger partial charge on any atom is -0.459 e. The molecule has 0 aliphatic heterocycles. The molecule has 0 bridgehead atoms. The summed E-state index contributed by atoms with van der Waals surface area (Å²) in [4.78, 5) is 8.44. The number of benzene rings is 1.